The Morgan fingerprint density at radius 2 is 1.36 bits per heavy atom. The minimum absolute atomic E-state index is 0.0463. The first-order chi connectivity index (χ1) is 20.4. The molecule has 0 radical (unpaired) electrons. The molecule has 10 heteroatoms. The average molecular weight is 580 g/mol. The van der Waals surface area contributed by atoms with Crippen LogP contribution >= 0.6 is 12.2 Å². The Labute approximate surface area is 247 Å². The SMILES string of the molecule is CCOc1cc(C=C2C(=O)N(c3ccccc3)C(=S)N(c3ccccc3)C2=O)ccc1OCc1ccccc1[N+](=O)[O-]. The van der Waals surface area contributed by atoms with Gasteiger partial charge in [-0.3, -0.25) is 29.5 Å². The van der Waals surface area contributed by atoms with E-state index in [1.165, 1.54) is 21.9 Å². The third-order valence-corrected chi connectivity index (χ3v) is 6.79. The van der Waals surface area contributed by atoms with Crippen molar-refractivity contribution in [1.29, 1.82) is 0 Å². The molecule has 4 aromatic rings. The van der Waals surface area contributed by atoms with Crippen molar-refractivity contribution in [3.8, 4) is 11.5 Å². The monoisotopic (exact) mass is 579 g/mol. The maximum Gasteiger partial charge on any atom is 0.276 e. The molecule has 0 N–H and O–H groups in total. The van der Waals surface area contributed by atoms with E-state index in [9.17, 15) is 19.7 Å². The van der Waals surface area contributed by atoms with Crippen molar-refractivity contribution < 1.29 is 24.0 Å². The zero-order valence-electron chi connectivity index (χ0n) is 22.5. The quantitative estimate of drug-likeness (QED) is 0.0752. The number of rotatable bonds is 9. The summed E-state index contributed by atoms with van der Waals surface area (Å²) in [6.45, 7) is 2.07. The largest absolute Gasteiger partial charge is 0.490 e. The minimum Gasteiger partial charge on any atom is -0.490 e. The van der Waals surface area contributed by atoms with Crippen LogP contribution in [0.1, 0.15) is 18.1 Å². The lowest BCUT2D eigenvalue weighted by molar-refractivity contribution is -0.385. The van der Waals surface area contributed by atoms with E-state index in [0.29, 0.717) is 40.6 Å². The number of nitro groups is 1. The Hall–Kier alpha value is -5.35. The third-order valence-electron chi connectivity index (χ3n) is 6.43. The van der Waals surface area contributed by atoms with Crippen molar-refractivity contribution >= 4 is 52.3 Å². The Morgan fingerprint density at radius 1 is 0.786 bits per heavy atom. The van der Waals surface area contributed by atoms with Gasteiger partial charge in [-0.05, 0) is 73.2 Å². The van der Waals surface area contributed by atoms with E-state index in [0.717, 1.165) is 0 Å². The Kier molecular flexibility index (Phi) is 8.35. The third kappa shape index (κ3) is 5.74. The van der Waals surface area contributed by atoms with Crippen molar-refractivity contribution in [2.24, 2.45) is 0 Å². The zero-order valence-corrected chi connectivity index (χ0v) is 23.3. The molecule has 9 nitrogen and oxygen atoms in total. The highest BCUT2D eigenvalue weighted by atomic mass is 32.1. The van der Waals surface area contributed by atoms with Crippen molar-refractivity contribution in [1.82, 2.24) is 0 Å². The smallest absolute Gasteiger partial charge is 0.276 e. The number of amides is 2. The molecule has 1 aliphatic heterocycles. The number of hydrogen-bond acceptors (Lipinski definition) is 7. The van der Waals surface area contributed by atoms with E-state index < -0.39 is 16.7 Å². The van der Waals surface area contributed by atoms with Gasteiger partial charge in [-0.15, -0.1) is 0 Å². The standard InChI is InChI=1S/C32H25N3O6S/c1-2-40-29-20-22(17-18-28(29)41-21-23-11-9-10-16-27(23)35(38)39)19-26-30(36)33(24-12-5-3-6-13-24)32(42)34(31(26)37)25-14-7-4-8-15-25/h3-20H,2,21H2,1H3. The van der Waals surface area contributed by atoms with Crippen LogP contribution in [-0.4, -0.2) is 28.5 Å². The molecule has 1 saturated heterocycles. The number of anilines is 2. The lowest BCUT2D eigenvalue weighted by Gasteiger charge is -2.36. The normalized spacial score (nSPS) is 13.3. The number of para-hydroxylation sites is 3. The summed E-state index contributed by atoms with van der Waals surface area (Å²) >= 11 is 5.66. The summed E-state index contributed by atoms with van der Waals surface area (Å²) in [6.07, 6.45) is 1.49. The van der Waals surface area contributed by atoms with Crippen LogP contribution in [-0.2, 0) is 16.2 Å². The molecule has 0 bridgehead atoms. The second-order valence-electron chi connectivity index (χ2n) is 9.11. The topological polar surface area (TPSA) is 102 Å². The highest BCUT2D eigenvalue weighted by molar-refractivity contribution is 7.81. The molecule has 0 aliphatic carbocycles. The van der Waals surface area contributed by atoms with Crippen LogP contribution in [0.5, 0.6) is 11.5 Å². The Bertz CT molecular complexity index is 1630. The van der Waals surface area contributed by atoms with Crippen LogP contribution in [0.4, 0.5) is 17.1 Å². The highest BCUT2D eigenvalue weighted by Crippen LogP contribution is 2.33. The number of ether oxygens (including phenoxy) is 2. The number of thiocarbonyl (C=S) groups is 1. The second kappa shape index (κ2) is 12.4. The summed E-state index contributed by atoms with van der Waals surface area (Å²) in [7, 11) is 0. The molecule has 1 aliphatic rings. The highest BCUT2D eigenvalue weighted by Gasteiger charge is 2.41. The fourth-order valence-corrected chi connectivity index (χ4v) is 4.85. The summed E-state index contributed by atoms with van der Waals surface area (Å²) in [4.78, 5) is 41.1. The molecule has 0 aromatic heterocycles. The number of benzene rings is 4. The molecule has 0 saturated carbocycles. The van der Waals surface area contributed by atoms with Gasteiger partial charge in [-0.25, -0.2) is 0 Å². The number of nitro benzene ring substituents is 1. The van der Waals surface area contributed by atoms with Gasteiger partial charge in [0.15, 0.2) is 16.6 Å². The molecule has 210 valence electrons. The molecular weight excluding hydrogens is 554 g/mol. The van der Waals surface area contributed by atoms with Gasteiger partial charge in [-0.1, -0.05) is 54.6 Å². The molecule has 0 unspecified atom stereocenters. The molecule has 0 atom stereocenters. The molecular formula is C32H25N3O6S. The van der Waals surface area contributed by atoms with Gasteiger partial charge >= 0.3 is 0 Å². The van der Waals surface area contributed by atoms with E-state index in [1.807, 2.05) is 19.1 Å². The number of carbonyl (C=O) groups is 2. The first-order valence-electron chi connectivity index (χ1n) is 13.1. The van der Waals surface area contributed by atoms with Crippen molar-refractivity contribution in [3.05, 3.63) is 130 Å². The summed E-state index contributed by atoms with van der Waals surface area (Å²) in [6, 6.07) is 29.1. The molecule has 1 fully saturated rings. The van der Waals surface area contributed by atoms with Gasteiger partial charge in [0.1, 0.15) is 12.2 Å². The Morgan fingerprint density at radius 3 is 1.93 bits per heavy atom. The fourth-order valence-electron chi connectivity index (χ4n) is 4.47. The molecule has 42 heavy (non-hydrogen) atoms. The van der Waals surface area contributed by atoms with Crippen LogP contribution in [0.25, 0.3) is 6.08 Å². The molecule has 0 spiro atoms. The lowest BCUT2D eigenvalue weighted by atomic mass is 10.0. The van der Waals surface area contributed by atoms with Crippen molar-refractivity contribution in [2.75, 3.05) is 16.4 Å². The first-order valence-corrected chi connectivity index (χ1v) is 13.5. The molecule has 2 amide bonds. The van der Waals surface area contributed by atoms with Gasteiger partial charge in [-0.2, -0.15) is 0 Å². The summed E-state index contributed by atoms with van der Waals surface area (Å²) in [5, 5.41) is 11.4. The summed E-state index contributed by atoms with van der Waals surface area (Å²) in [5.74, 6) is -0.399. The predicted molar refractivity (Wildman–Crippen MR) is 163 cm³/mol. The van der Waals surface area contributed by atoms with Crippen molar-refractivity contribution in [2.45, 2.75) is 13.5 Å². The fraction of sp³-hybridized carbons (Fsp3) is 0.0938. The first kappa shape index (κ1) is 28.2. The van der Waals surface area contributed by atoms with Gasteiger partial charge < -0.3 is 9.47 Å². The number of hydrogen-bond donors (Lipinski definition) is 0. The van der Waals surface area contributed by atoms with Gasteiger partial charge in [0.05, 0.1) is 28.5 Å². The van der Waals surface area contributed by atoms with E-state index in [1.54, 1.807) is 84.9 Å². The van der Waals surface area contributed by atoms with Crippen LogP contribution < -0.4 is 19.3 Å². The van der Waals surface area contributed by atoms with E-state index >= 15 is 0 Å². The summed E-state index contributed by atoms with van der Waals surface area (Å²) in [5.41, 5.74) is 1.85. The van der Waals surface area contributed by atoms with E-state index in [4.69, 9.17) is 21.7 Å². The molecule has 4 aromatic carbocycles. The second-order valence-corrected chi connectivity index (χ2v) is 9.47. The van der Waals surface area contributed by atoms with Gasteiger partial charge in [0.25, 0.3) is 17.5 Å². The Balaban J connectivity index is 1.51. The van der Waals surface area contributed by atoms with Gasteiger partial charge in [0, 0.05) is 6.07 Å². The number of carbonyl (C=O) groups excluding carboxylic acids is 2. The zero-order chi connectivity index (χ0) is 29.6. The van der Waals surface area contributed by atoms with Gasteiger partial charge in [0.2, 0.25) is 0 Å². The van der Waals surface area contributed by atoms with Crippen LogP contribution in [0.3, 0.4) is 0 Å². The number of nitrogens with zero attached hydrogens (tertiary/aromatic N) is 3. The maximum atomic E-state index is 13.8. The predicted octanol–water partition coefficient (Wildman–Crippen LogP) is 6.32. The molecule has 1 heterocycles. The minimum atomic E-state index is -0.557. The van der Waals surface area contributed by atoms with Crippen LogP contribution in [0.15, 0.2) is 109 Å². The molecule has 5 rings (SSSR count). The van der Waals surface area contributed by atoms with Crippen LogP contribution in [0, 0.1) is 10.1 Å². The van der Waals surface area contributed by atoms with Crippen molar-refractivity contribution in [3.63, 3.8) is 0 Å². The van der Waals surface area contributed by atoms with E-state index in [-0.39, 0.29) is 23.0 Å². The maximum absolute atomic E-state index is 13.8. The van der Waals surface area contributed by atoms with E-state index in [2.05, 4.69) is 0 Å². The summed E-state index contributed by atoms with van der Waals surface area (Å²) < 4.78 is 11.7. The van der Waals surface area contributed by atoms with Crippen LogP contribution in [0.2, 0.25) is 0 Å². The lowest BCUT2D eigenvalue weighted by Crippen LogP contribution is -2.56. The average Bonchev–Trinajstić information content (AvgIpc) is 3.00.